The molecule has 2 aromatic rings. The number of ether oxygens (including phenoxy) is 1. The minimum Gasteiger partial charge on any atom is -0.484 e. The Morgan fingerprint density at radius 3 is 2.64 bits per heavy atom. The summed E-state index contributed by atoms with van der Waals surface area (Å²) >= 11 is 0. The number of hydrogen-bond acceptors (Lipinski definition) is 3. The van der Waals surface area contributed by atoms with Crippen LogP contribution in [-0.2, 0) is 11.2 Å². The molecule has 0 fully saturated rings. The Kier molecular flexibility index (Phi) is 5.14. The van der Waals surface area contributed by atoms with Gasteiger partial charge in [-0.05, 0) is 36.2 Å². The Morgan fingerprint density at radius 1 is 1.14 bits per heavy atom. The lowest BCUT2D eigenvalue weighted by Crippen LogP contribution is -2.21. The summed E-state index contributed by atoms with van der Waals surface area (Å²) in [6, 6.07) is 14.0. The van der Waals surface area contributed by atoms with Gasteiger partial charge in [0.15, 0.2) is 6.61 Å². The molecule has 0 spiro atoms. The first-order valence-electron chi connectivity index (χ1n) is 7.00. The molecule has 2 rings (SSSR count). The summed E-state index contributed by atoms with van der Waals surface area (Å²) in [6.07, 6.45) is 0.831. The van der Waals surface area contributed by atoms with Crippen molar-refractivity contribution in [2.75, 3.05) is 11.9 Å². The molecule has 0 bridgehead atoms. The van der Waals surface area contributed by atoms with Crippen LogP contribution in [0.3, 0.4) is 0 Å². The lowest BCUT2D eigenvalue weighted by molar-refractivity contribution is -0.118. The van der Waals surface area contributed by atoms with Crippen LogP contribution in [0.2, 0.25) is 0 Å². The molecule has 3 N–H and O–H groups in total. The predicted octanol–water partition coefficient (Wildman–Crippen LogP) is 2.37. The molecule has 0 aliphatic carbocycles. The third-order valence-corrected chi connectivity index (χ3v) is 3.16. The van der Waals surface area contributed by atoms with Gasteiger partial charge < -0.3 is 15.8 Å². The van der Waals surface area contributed by atoms with Crippen molar-refractivity contribution in [3.05, 3.63) is 59.7 Å². The fourth-order valence-corrected chi connectivity index (χ4v) is 2.02. The molecule has 0 aliphatic heterocycles. The van der Waals surface area contributed by atoms with Crippen LogP contribution in [0.5, 0.6) is 5.75 Å². The summed E-state index contributed by atoms with van der Waals surface area (Å²) in [5.74, 6) is -0.368. The Morgan fingerprint density at radius 2 is 1.91 bits per heavy atom. The molecular weight excluding hydrogens is 280 g/mol. The first-order valence-corrected chi connectivity index (χ1v) is 7.00. The Labute approximate surface area is 129 Å². The quantitative estimate of drug-likeness (QED) is 0.859. The molecule has 0 saturated heterocycles. The largest absolute Gasteiger partial charge is 0.484 e. The zero-order chi connectivity index (χ0) is 15.9. The van der Waals surface area contributed by atoms with Gasteiger partial charge in [0.05, 0.1) is 0 Å². The summed E-state index contributed by atoms with van der Waals surface area (Å²) in [4.78, 5) is 23.0. The number of carbonyl (C=O) groups is 2. The topological polar surface area (TPSA) is 81.4 Å². The highest BCUT2D eigenvalue weighted by molar-refractivity contribution is 5.93. The van der Waals surface area contributed by atoms with E-state index in [1.807, 2.05) is 31.2 Å². The highest BCUT2D eigenvalue weighted by Gasteiger charge is 2.07. The van der Waals surface area contributed by atoms with Crippen molar-refractivity contribution in [3.63, 3.8) is 0 Å². The number of benzene rings is 2. The van der Waals surface area contributed by atoms with Crippen LogP contribution >= 0.6 is 0 Å². The monoisotopic (exact) mass is 298 g/mol. The van der Waals surface area contributed by atoms with Crippen molar-refractivity contribution in [1.29, 1.82) is 0 Å². The standard InChI is InChI=1S/C17H18N2O3/c1-2-12-6-3-4-9-15(12)19-16(20)11-22-14-8-5-7-13(10-14)17(18)21/h3-10H,2,11H2,1H3,(H2,18,21)(H,19,20). The van der Waals surface area contributed by atoms with Crippen LogP contribution < -0.4 is 15.8 Å². The maximum atomic E-state index is 11.9. The fourth-order valence-electron chi connectivity index (χ4n) is 2.02. The van der Waals surface area contributed by atoms with Gasteiger partial charge in [-0.3, -0.25) is 9.59 Å². The maximum absolute atomic E-state index is 11.9. The molecule has 0 atom stereocenters. The summed E-state index contributed by atoms with van der Waals surface area (Å²) in [7, 11) is 0. The number of hydrogen-bond donors (Lipinski definition) is 2. The van der Waals surface area contributed by atoms with Crippen LogP contribution in [0.25, 0.3) is 0 Å². The first kappa shape index (κ1) is 15.6. The second-order valence-electron chi connectivity index (χ2n) is 4.74. The van der Waals surface area contributed by atoms with Crippen LogP contribution in [0.15, 0.2) is 48.5 Å². The van der Waals surface area contributed by atoms with E-state index >= 15 is 0 Å². The van der Waals surface area contributed by atoms with Crippen molar-refractivity contribution in [1.82, 2.24) is 0 Å². The van der Waals surface area contributed by atoms with Crippen molar-refractivity contribution in [2.24, 2.45) is 5.73 Å². The summed E-state index contributed by atoms with van der Waals surface area (Å²) in [6.45, 7) is 1.89. The molecular formula is C17H18N2O3. The van der Waals surface area contributed by atoms with Gasteiger partial charge in [0.2, 0.25) is 5.91 Å². The van der Waals surface area contributed by atoms with Gasteiger partial charge in [0.25, 0.3) is 5.91 Å². The fraction of sp³-hybridized carbons (Fsp3) is 0.176. The number of para-hydroxylation sites is 1. The molecule has 0 heterocycles. The number of primary amides is 1. The average Bonchev–Trinajstić information content (AvgIpc) is 2.53. The lowest BCUT2D eigenvalue weighted by atomic mass is 10.1. The van der Waals surface area contributed by atoms with E-state index in [0.717, 1.165) is 17.7 Å². The number of rotatable bonds is 6. The molecule has 0 aromatic heterocycles. The Bertz CT molecular complexity index is 683. The molecule has 0 saturated carbocycles. The minimum atomic E-state index is -0.535. The number of nitrogens with one attached hydrogen (secondary N) is 1. The van der Waals surface area contributed by atoms with Crippen molar-refractivity contribution in [3.8, 4) is 5.75 Å². The smallest absolute Gasteiger partial charge is 0.262 e. The van der Waals surface area contributed by atoms with E-state index in [2.05, 4.69) is 5.32 Å². The summed E-state index contributed by atoms with van der Waals surface area (Å²) < 4.78 is 5.38. The van der Waals surface area contributed by atoms with Crippen LogP contribution in [-0.4, -0.2) is 18.4 Å². The van der Waals surface area contributed by atoms with Crippen LogP contribution in [0, 0.1) is 0 Å². The molecule has 5 nitrogen and oxygen atoms in total. The number of aryl methyl sites for hydroxylation is 1. The third-order valence-electron chi connectivity index (χ3n) is 3.16. The summed E-state index contributed by atoms with van der Waals surface area (Å²) in [5.41, 5.74) is 7.38. The average molecular weight is 298 g/mol. The molecule has 0 radical (unpaired) electrons. The van der Waals surface area contributed by atoms with E-state index in [1.165, 1.54) is 6.07 Å². The van der Waals surface area contributed by atoms with E-state index in [9.17, 15) is 9.59 Å². The van der Waals surface area contributed by atoms with E-state index in [0.29, 0.717) is 11.3 Å². The molecule has 2 aromatic carbocycles. The zero-order valence-electron chi connectivity index (χ0n) is 12.3. The van der Waals surface area contributed by atoms with E-state index in [4.69, 9.17) is 10.5 Å². The van der Waals surface area contributed by atoms with Crippen LogP contribution in [0.1, 0.15) is 22.8 Å². The van der Waals surface area contributed by atoms with Crippen molar-refractivity contribution < 1.29 is 14.3 Å². The molecule has 0 aliphatic rings. The third kappa shape index (κ3) is 4.09. The Hall–Kier alpha value is -2.82. The first-order chi connectivity index (χ1) is 10.6. The maximum Gasteiger partial charge on any atom is 0.262 e. The summed E-state index contributed by atoms with van der Waals surface area (Å²) in [5, 5.41) is 2.81. The van der Waals surface area contributed by atoms with E-state index < -0.39 is 5.91 Å². The highest BCUT2D eigenvalue weighted by atomic mass is 16.5. The molecule has 114 valence electrons. The second kappa shape index (κ2) is 7.26. The zero-order valence-corrected chi connectivity index (χ0v) is 12.3. The van der Waals surface area contributed by atoms with Gasteiger partial charge in [-0.2, -0.15) is 0 Å². The van der Waals surface area contributed by atoms with Gasteiger partial charge in [-0.25, -0.2) is 0 Å². The number of carbonyl (C=O) groups excluding carboxylic acids is 2. The van der Waals surface area contributed by atoms with Gasteiger partial charge in [-0.1, -0.05) is 31.2 Å². The van der Waals surface area contributed by atoms with Crippen molar-refractivity contribution >= 4 is 17.5 Å². The molecule has 0 unspecified atom stereocenters. The van der Waals surface area contributed by atoms with Gasteiger partial charge in [0, 0.05) is 11.3 Å². The van der Waals surface area contributed by atoms with Gasteiger partial charge >= 0.3 is 0 Å². The van der Waals surface area contributed by atoms with E-state index in [-0.39, 0.29) is 12.5 Å². The second-order valence-corrected chi connectivity index (χ2v) is 4.74. The Balaban J connectivity index is 1.95. The normalized spacial score (nSPS) is 10.0. The van der Waals surface area contributed by atoms with Gasteiger partial charge in [0.1, 0.15) is 5.75 Å². The van der Waals surface area contributed by atoms with Crippen molar-refractivity contribution in [2.45, 2.75) is 13.3 Å². The van der Waals surface area contributed by atoms with Gasteiger partial charge in [-0.15, -0.1) is 0 Å². The number of nitrogens with two attached hydrogens (primary N) is 1. The molecule has 5 heteroatoms. The lowest BCUT2D eigenvalue weighted by Gasteiger charge is -2.10. The number of amides is 2. The number of anilines is 1. The predicted molar refractivity (Wildman–Crippen MR) is 84.9 cm³/mol. The molecule has 2 amide bonds. The SMILES string of the molecule is CCc1ccccc1NC(=O)COc1cccc(C(N)=O)c1. The minimum absolute atomic E-state index is 0.139. The molecule has 22 heavy (non-hydrogen) atoms. The van der Waals surface area contributed by atoms with E-state index in [1.54, 1.807) is 18.2 Å². The highest BCUT2D eigenvalue weighted by Crippen LogP contribution is 2.16. The van der Waals surface area contributed by atoms with Crippen LogP contribution in [0.4, 0.5) is 5.69 Å².